The summed E-state index contributed by atoms with van der Waals surface area (Å²) in [4.78, 5) is 38.6. The number of nitrogens with zero attached hydrogens (tertiary/aromatic N) is 2. The standard InChI is InChI=1S/C21H22N2O5S/c1-15-5-8-17(9-6-15)29-19-10-7-16(23(26)27)13-18(19)21(25)28-14-20(24)22-11-3-2-4-12-22/h5-10,13H,2-4,11-12,14H2,1H3. The number of likely N-dealkylation sites (tertiary alicyclic amines) is 1. The lowest BCUT2D eigenvalue weighted by molar-refractivity contribution is -0.384. The van der Waals surface area contributed by atoms with Crippen molar-refractivity contribution in [2.75, 3.05) is 19.7 Å². The third-order valence-electron chi connectivity index (χ3n) is 4.68. The molecule has 0 spiro atoms. The van der Waals surface area contributed by atoms with Crippen LogP contribution in [0.5, 0.6) is 0 Å². The summed E-state index contributed by atoms with van der Waals surface area (Å²) in [5, 5.41) is 11.1. The van der Waals surface area contributed by atoms with Gasteiger partial charge in [0.05, 0.1) is 10.5 Å². The first-order valence-electron chi connectivity index (χ1n) is 9.42. The molecule has 0 atom stereocenters. The quantitative estimate of drug-likeness (QED) is 0.399. The maximum atomic E-state index is 12.6. The predicted octanol–water partition coefficient (Wildman–Crippen LogP) is 4.22. The van der Waals surface area contributed by atoms with Crippen LogP contribution in [0, 0.1) is 17.0 Å². The van der Waals surface area contributed by atoms with E-state index in [1.54, 1.807) is 4.90 Å². The van der Waals surface area contributed by atoms with Gasteiger partial charge in [0.15, 0.2) is 6.61 Å². The molecule has 1 heterocycles. The summed E-state index contributed by atoms with van der Waals surface area (Å²) in [6, 6.07) is 11.8. The molecule has 1 fully saturated rings. The van der Waals surface area contributed by atoms with Crippen molar-refractivity contribution in [3.63, 3.8) is 0 Å². The number of carbonyl (C=O) groups excluding carboxylic acids is 2. The molecular weight excluding hydrogens is 392 g/mol. The maximum absolute atomic E-state index is 12.6. The van der Waals surface area contributed by atoms with Crippen molar-refractivity contribution >= 4 is 29.3 Å². The van der Waals surface area contributed by atoms with Gasteiger partial charge < -0.3 is 9.64 Å². The Morgan fingerprint density at radius 3 is 2.45 bits per heavy atom. The number of hydrogen-bond acceptors (Lipinski definition) is 6. The Kier molecular flexibility index (Phi) is 6.87. The van der Waals surface area contributed by atoms with Crippen molar-refractivity contribution in [1.82, 2.24) is 4.90 Å². The fourth-order valence-electron chi connectivity index (χ4n) is 3.05. The van der Waals surface area contributed by atoms with Crippen LogP contribution in [0.15, 0.2) is 52.3 Å². The molecule has 0 unspecified atom stereocenters. The molecule has 0 aliphatic carbocycles. The molecule has 1 aliphatic rings. The number of amides is 1. The van der Waals surface area contributed by atoms with Gasteiger partial charge in [-0.25, -0.2) is 4.79 Å². The molecule has 0 N–H and O–H groups in total. The van der Waals surface area contributed by atoms with Gasteiger partial charge in [-0.15, -0.1) is 0 Å². The van der Waals surface area contributed by atoms with Gasteiger partial charge in [0.1, 0.15) is 0 Å². The molecule has 8 heteroatoms. The number of esters is 1. The Labute approximate surface area is 173 Å². The summed E-state index contributed by atoms with van der Waals surface area (Å²) >= 11 is 1.32. The largest absolute Gasteiger partial charge is 0.452 e. The lowest BCUT2D eigenvalue weighted by Gasteiger charge is -2.26. The van der Waals surface area contributed by atoms with Crippen LogP contribution in [0.25, 0.3) is 0 Å². The van der Waals surface area contributed by atoms with Crippen molar-refractivity contribution in [1.29, 1.82) is 0 Å². The highest BCUT2D eigenvalue weighted by atomic mass is 32.2. The van der Waals surface area contributed by atoms with Crippen molar-refractivity contribution < 1.29 is 19.2 Å². The van der Waals surface area contributed by atoms with Crippen molar-refractivity contribution in [2.45, 2.75) is 36.0 Å². The molecule has 2 aromatic carbocycles. The lowest BCUT2D eigenvalue weighted by Crippen LogP contribution is -2.38. The average Bonchev–Trinajstić information content (AvgIpc) is 2.74. The number of carbonyl (C=O) groups is 2. The second kappa shape index (κ2) is 9.56. The summed E-state index contributed by atoms with van der Waals surface area (Å²) in [6.45, 7) is 2.95. The Balaban J connectivity index is 1.76. The minimum absolute atomic E-state index is 0.0798. The average molecular weight is 414 g/mol. The first kappa shape index (κ1) is 20.9. The number of rotatable bonds is 6. The topological polar surface area (TPSA) is 89.7 Å². The normalized spacial score (nSPS) is 13.8. The Morgan fingerprint density at radius 1 is 1.10 bits per heavy atom. The van der Waals surface area contributed by atoms with Crippen molar-refractivity contribution in [3.8, 4) is 0 Å². The minimum atomic E-state index is -0.742. The summed E-state index contributed by atoms with van der Waals surface area (Å²) in [6.07, 6.45) is 2.99. The van der Waals surface area contributed by atoms with Crippen LogP contribution in [-0.4, -0.2) is 41.4 Å². The van der Waals surface area contributed by atoms with Gasteiger partial charge in [-0.3, -0.25) is 14.9 Å². The number of aryl methyl sites for hydroxylation is 1. The van der Waals surface area contributed by atoms with Crippen LogP contribution in [0.4, 0.5) is 5.69 Å². The fourth-order valence-corrected chi connectivity index (χ4v) is 3.97. The molecule has 0 radical (unpaired) electrons. The molecule has 29 heavy (non-hydrogen) atoms. The van der Waals surface area contributed by atoms with Crippen LogP contribution in [0.3, 0.4) is 0 Å². The number of benzene rings is 2. The Hall–Kier alpha value is -2.87. The van der Waals surface area contributed by atoms with E-state index < -0.39 is 10.9 Å². The van der Waals surface area contributed by atoms with Crippen molar-refractivity contribution in [3.05, 3.63) is 63.7 Å². The van der Waals surface area contributed by atoms with E-state index in [9.17, 15) is 19.7 Å². The number of non-ortho nitro benzene ring substituents is 1. The molecule has 152 valence electrons. The molecule has 0 saturated carbocycles. The third-order valence-corrected chi connectivity index (χ3v) is 5.76. The zero-order valence-electron chi connectivity index (χ0n) is 16.1. The summed E-state index contributed by atoms with van der Waals surface area (Å²) < 4.78 is 5.21. The van der Waals surface area contributed by atoms with Crippen LogP contribution in [0.1, 0.15) is 35.2 Å². The zero-order chi connectivity index (χ0) is 20.8. The third kappa shape index (κ3) is 5.57. The van der Waals surface area contributed by atoms with E-state index >= 15 is 0 Å². The van der Waals surface area contributed by atoms with E-state index in [4.69, 9.17) is 4.74 Å². The predicted molar refractivity (Wildman–Crippen MR) is 109 cm³/mol. The molecular formula is C21H22N2O5S. The van der Waals surface area contributed by atoms with E-state index in [0.717, 1.165) is 29.7 Å². The highest BCUT2D eigenvalue weighted by molar-refractivity contribution is 7.99. The second-order valence-electron chi connectivity index (χ2n) is 6.87. The minimum Gasteiger partial charge on any atom is -0.452 e. The number of ether oxygens (including phenoxy) is 1. The van der Waals surface area contributed by atoms with Gasteiger partial charge in [0.2, 0.25) is 0 Å². The molecule has 0 aromatic heterocycles. The Morgan fingerprint density at radius 2 is 1.79 bits per heavy atom. The molecule has 2 aromatic rings. The molecule has 1 amide bonds. The molecule has 0 bridgehead atoms. The summed E-state index contributed by atoms with van der Waals surface area (Å²) in [5.41, 5.74) is 0.984. The van der Waals surface area contributed by atoms with E-state index in [-0.39, 0.29) is 23.8 Å². The van der Waals surface area contributed by atoms with Gasteiger partial charge in [0, 0.05) is 35.0 Å². The number of nitro benzene ring substituents is 1. The van der Waals surface area contributed by atoms with Gasteiger partial charge in [-0.05, 0) is 44.4 Å². The van der Waals surface area contributed by atoms with E-state index in [2.05, 4.69) is 0 Å². The molecule has 7 nitrogen and oxygen atoms in total. The lowest BCUT2D eigenvalue weighted by atomic mass is 10.1. The number of nitro groups is 1. The zero-order valence-corrected chi connectivity index (χ0v) is 16.9. The van der Waals surface area contributed by atoms with Crippen LogP contribution < -0.4 is 0 Å². The maximum Gasteiger partial charge on any atom is 0.340 e. The smallest absolute Gasteiger partial charge is 0.340 e. The first-order chi connectivity index (χ1) is 13.9. The highest BCUT2D eigenvalue weighted by Crippen LogP contribution is 2.33. The second-order valence-corrected chi connectivity index (χ2v) is 7.99. The number of hydrogen-bond donors (Lipinski definition) is 0. The van der Waals surface area contributed by atoms with E-state index in [1.807, 2.05) is 31.2 Å². The monoisotopic (exact) mass is 414 g/mol. The first-order valence-corrected chi connectivity index (χ1v) is 10.2. The SMILES string of the molecule is Cc1ccc(Sc2ccc([N+](=O)[O-])cc2C(=O)OCC(=O)N2CCCCC2)cc1. The molecule has 1 aliphatic heterocycles. The van der Waals surface area contributed by atoms with Crippen LogP contribution >= 0.6 is 11.8 Å². The van der Waals surface area contributed by atoms with Crippen LogP contribution in [0.2, 0.25) is 0 Å². The summed E-state index contributed by atoms with van der Waals surface area (Å²) in [5.74, 6) is -0.982. The fraction of sp³-hybridized carbons (Fsp3) is 0.333. The molecule has 1 saturated heterocycles. The number of piperidine rings is 1. The van der Waals surface area contributed by atoms with Crippen LogP contribution in [-0.2, 0) is 9.53 Å². The molecule has 3 rings (SSSR count). The Bertz CT molecular complexity index is 908. The highest BCUT2D eigenvalue weighted by Gasteiger charge is 2.22. The summed E-state index contributed by atoms with van der Waals surface area (Å²) in [7, 11) is 0. The van der Waals surface area contributed by atoms with E-state index in [0.29, 0.717) is 18.0 Å². The van der Waals surface area contributed by atoms with E-state index in [1.165, 1.54) is 30.0 Å². The van der Waals surface area contributed by atoms with Gasteiger partial charge in [-0.2, -0.15) is 0 Å². The van der Waals surface area contributed by atoms with Crippen molar-refractivity contribution in [2.24, 2.45) is 0 Å². The van der Waals surface area contributed by atoms with Gasteiger partial charge in [-0.1, -0.05) is 29.5 Å². The van der Waals surface area contributed by atoms with Gasteiger partial charge in [0.25, 0.3) is 11.6 Å². The van der Waals surface area contributed by atoms with Gasteiger partial charge >= 0.3 is 5.97 Å².